The molecule has 13 rings (SSSR count). The van der Waals surface area contributed by atoms with Crippen LogP contribution in [0.4, 0.5) is 34.1 Å². The molecule has 9 aromatic rings. The summed E-state index contributed by atoms with van der Waals surface area (Å²) in [7, 11) is 0. The lowest BCUT2D eigenvalue weighted by Gasteiger charge is -2.48. The van der Waals surface area contributed by atoms with E-state index >= 15 is 0 Å². The minimum atomic E-state index is -0.290. The molecule has 0 N–H and O–H groups in total. The van der Waals surface area contributed by atoms with Gasteiger partial charge in [0.1, 0.15) is 0 Å². The molecule has 3 heteroatoms. The Morgan fingerprint density at radius 2 is 0.795 bits per heavy atom. The van der Waals surface area contributed by atoms with Crippen LogP contribution in [-0.4, -0.2) is 6.71 Å². The molecular formula is C80H85BN2. The average molecular weight is 1090 g/mol. The van der Waals surface area contributed by atoms with Crippen LogP contribution in [0.25, 0.3) is 22.3 Å². The number of hydrogen-bond donors (Lipinski definition) is 0. The summed E-state index contributed by atoms with van der Waals surface area (Å²) >= 11 is 0. The molecule has 2 aliphatic heterocycles. The molecule has 0 bridgehead atoms. The van der Waals surface area contributed by atoms with E-state index in [4.69, 9.17) is 0 Å². The Morgan fingerprint density at radius 3 is 1.39 bits per heavy atom. The predicted molar refractivity (Wildman–Crippen MR) is 358 cm³/mol. The second kappa shape index (κ2) is 19.1. The van der Waals surface area contributed by atoms with Gasteiger partial charge >= 0.3 is 0 Å². The SMILES string of the molecule is CC(C)(C)c1cc2c3c(c1)N(c1ccc(C(C)(C)c4ccccc4)cc1-c1cccc(-c4ccccc4)c1)c1cc(C(C)(C)c4ccccc4)ccc1B3c1cc3c(cc1N2c1ccc2c(c1)C(C)(C)CCC2(C)C)C(C)(C)CCC3(C)C. The number of anilines is 6. The summed E-state index contributed by atoms with van der Waals surface area (Å²) in [5, 5.41) is 0. The van der Waals surface area contributed by atoms with Crippen molar-refractivity contribution >= 4 is 57.2 Å². The van der Waals surface area contributed by atoms with Crippen molar-refractivity contribution in [1.82, 2.24) is 0 Å². The Labute approximate surface area is 498 Å². The molecule has 0 amide bonds. The van der Waals surface area contributed by atoms with Gasteiger partial charge in [-0.3, -0.25) is 0 Å². The Hall–Kier alpha value is -7.36. The van der Waals surface area contributed by atoms with Crippen molar-refractivity contribution in [2.24, 2.45) is 0 Å². The van der Waals surface area contributed by atoms with Crippen molar-refractivity contribution in [2.45, 2.75) is 167 Å². The first-order chi connectivity index (χ1) is 39.3. The van der Waals surface area contributed by atoms with Gasteiger partial charge in [-0.15, -0.1) is 0 Å². The van der Waals surface area contributed by atoms with Crippen LogP contribution in [-0.2, 0) is 37.9 Å². The Balaban J connectivity index is 1.17. The van der Waals surface area contributed by atoms with Crippen molar-refractivity contribution in [2.75, 3.05) is 9.80 Å². The first kappa shape index (κ1) is 54.9. The fourth-order valence-corrected chi connectivity index (χ4v) is 15.0. The van der Waals surface area contributed by atoms with Gasteiger partial charge in [0.05, 0.1) is 5.69 Å². The van der Waals surface area contributed by atoms with Crippen LogP contribution in [0.5, 0.6) is 0 Å². The van der Waals surface area contributed by atoms with E-state index in [1.54, 1.807) is 0 Å². The molecule has 83 heavy (non-hydrogen) atoms. The third-order valence-electron chi connectivity index (χ3n) is 21.0. The molecule has 0 atom stereocenters. The summed E-state index contributed by atoms with van der Waals surface area (Å²) < 4.78 is 0. The fraction of sp³-hybridized carbons (Fsp3) is 0.325. The molecule has 2 heterocycles. The lowest BCUT2D eigenvalue weighted by molar-refractivity contribution is 0.332. The van der Waals surface area contributed by atoms with Crippen LogP contribution in [0.1, 0.15) is 180 Å². The standard InChI is InChI=1S/C80H85BN2/c1-74(2,3)59-47-71-73-72(48-59)83(68-39-35-57(79(12,13)55-30-21-17-22-31-55)45-61(68)54-29-25-28-53(44-54)52-26-19-16-20-27-52)69-46-58(80(14,15)56-32-23-18-24-33-56)34-38-66(69)81(73)67-50-64-65(78(10,11)43-42-77(64,8)9)51-70(67)82(71)60-36-37-62-63(49-60)76(6,7)41-40-75(62,4)5/h16-39,44-51H,40-43H2,1-15H3. The predicted octanol–water partition coefficient (Wildman–Crippen LogP) is 19.8. The molecule has 0 saturated carbocycles. The number of nitrogens with zero attached hydrogens (tertiary/aromatic N) is 2. The van der Waals surface area contributed by atoms with Crippen molar-refractivity contribution in [3.8, 4) is 22.3 Å². The Morgan fingerprint density at radius 1 is 0.325 bits per heavy atom. The summed E-state index contributed by atoms with van der Waals surface area (Å²) in [5.41, 5.74) is 28.3. The van der Waals surface area contributed by atoms with E-state index in [1.807, 2.05) is 0 Å². The van der Waals surface area contributed by atoms with E-state index in [1.165, 1.54) is 129 Å². The van der Waals surface area contributed by atoms with Crippen molar-refractivity contribution in [1.29, 1.82) is 0 Å². The van der Waals surface area contributed by atoms with Crippen molar-refractivity contribution in [3.05, 3.63) is 244 Å². The molecule has 2 nitrogen and oxygen atoms in total. The van der Waals surface area contributed by atoms with Gasteiger partial charge in [-0.25, -0.2) is 0 Å². The maximum Gasteiger partial charge on any atom is 0.252 e. The highest BCUT2D eigenvalue weighted by molar-refractivity contribution is 7.00. The Kier molecular flexibility index (Phi) is 12.6. The monoisotopic (exact) mass is 1080 g/mol. The summed E-state index contributed by atoms with van der Waals surface area (Å²) in [6.07, 6.45) is 4.65. The van der Waals surface area contributed by atoms with E-state index in [-0.39, 0.29) is 44.6 Å². The molecule has 0 unspecified atom stereocenters. The van der Waals surface area contributed by atoms with Crippen LogP contribution in [0.3, 0.4) is 0 Å². The van der Waals surface area contributed by atoms with Crippen LogP contribution < -0.4 is 26.2 Å². The number of hydrogen-bond acceptors (Lipinski definition) is 2. The maximum atomic E-state index is 2.74. The third kappa shape index (κ3) is 8.96. The lowest BCUT2D eigenvalue weighted by Crippen LogP contribution is -2.62. The first-order valence-corrected chi connectivity index (χ1v) is 30.9. The molecule has 0 saturated heterocycles. The van der Waals surface area contributed by atoms with Gasteiger partial charge in [-0.1, -0.05) is 243 Å². The van der Waals surface area contributed by atoms with E-state index in [0.29, 0.717) is 0 Å². The quantitative estimate of drug-likeness (QED) is 0.140. The van der Waals surface area contributed by atoms with Gasteiger partial charge in [-0.2, -0.15) is 0 Å². The van der Waals surface area contributed by atoms with Crippen LogP contribution in [0, 0.1) is 0 Å². The van der Waals surface area contributed by atoms with Crippen LogP contribution in [0.2, 0.25) is 0 Å². The van der Waals surface area contributed by atoms with Gasteiger partial charge in [0.25, 0.3) is 6.71 Å². The second-order valence-corrected chi connectivity index (χ2v) is 29.9. The molecule has 0 fully saturated rings. The molecule has 4 aliphatic rings. The van der Waals surface area contributed by atoms with E-state index < -0.39 is 0 Å². The molecule has 9 aromatic carbocycles. The van der Waals surface area contributed by atoms with Crippen molar-refractivity contribution in [3.63, 3.8) is 0 Å². The largest absolute Gasteiger partial charge is 0.311 e. The number of rotatable bonds is 8. The maximum absolute atomic E-state index is 2.74. The molecule has 418 valence electrons. The minimum Gasteiger partial charge on any atom is -0.311 e. The van der Waals surface area contributed by atoms with Crippen molar-refractivity contribution < 1.29 is 0 Å². The lowest BCUT2D eigenvalue weighted by atomic mass is 9.33. The van der Waals surface area contributed by atoms with Crippen LogP contribution >= 0.6 is 0 Å². The number of fused-ring (bicyclic) bond motifs is 6. The molecule has 0 spiro atoms. The zero-order valence-corrected chi connectivity index (χ0v) is 52.3. The minimum absolute atomic E-state index is 0.0108. The summed E-state index contributed by atoms with van der Waals surface area (Å²) in [6.45, 7) is 36.7. The summed E-state index contributed by atoms with van der Waals surface area (Å²) in [5.74, 6) is 0. The summed E-state index contributed by atoms with van der Waals surface area (Å²) in [4.78, 5) is 5.46. The van der Waals surface area contributed by atoms with Gasteiger partial charge < -0.3 is 9.80 Å². The first-order valence-electron chi connectivity index (χ1n) is 30.9. The zero-order chi connectivity index (χ0) is 58.4. The van der Waals surface area contributed by atoms with Crippen LogP contribution in [0.15, 0.2) is 194 Å². The highest BCUT2D eigenvalue weighted by Crippen LogP contribution is 2.55. The van der Waals surface area contributed by atoms with E-state index in [2.05, 4.69) is 308 Å². The third-order valence-corrected chi connectivity index (χ3v) is 21.0. The van der Waals surface area contributed by atoms with Gasteiger partial charge in [-0.05, 0) is 191 Å². The second-order valence-electron chi connectivity index (χ2n) is 29.9. The normalized spacial score (nSPS) is 17.2. The van der Waals surface area contributed by atoms with E-state index in [0.717, 1.165) is 19.3 Å². The van der Waals surface area contributed by atoms with Gasteiger partial charge in [0.15, 0.2) is 0 Å². The average Bonchev–Trinajstić information content (AvgIpc) is 2.48. The summed E-state index contributed by atoms with van der Waals surface area (Å²) in [6, 6.07) is 75.7. The van der Waals surface area contributed by atoms with Gasteiger partial charge in [0.2, 0.25) is 0 Å². The smallest absolute Gasteiger partial charge is 0.252 e. The Bertz CT molecular complexity index is 4020. The van der Waals surface area contributed by atoms with Gasteiger partial charge in [0, 0.05) is 44.8 Å². The molecular weight excluding hydrogens is 1000 g/mol. The molecule has 0 aromatic heterocycles. The highest BCUT2D eigenvalue weighted by atomic mass is 15.2. The highest BCUT2D eigenvalue weighted by Gasteiger charge is 2.48. The molecule has 0 radical (unpaired) electrons. The zero-order valence-electron chi connectivity index (χ0n) is 52.3. The fourth-order valence-electron chi connectivity index (χ4n) is 15.0. The molecule has 2 aliphatic carbocycles. The van der Waals surface area contributed by atoms with E-state index in [9.17, 15) is 0 Å². The number of benzene rings is 9. The topological polar surface area (TPSA) is 6.48 Å².